The first-order valence-corrected chi connectivity index (χ1v) is 9.83. The van der Waals surface area contributed by atoms with Crippen molar-refractivity contribution < 1.29 is 14.0 Å². The first kappa shape index (κ1) is 18.6. The normalized spacial score (nSPS) is 15.7. The van der Waals surface area contributed by atoms with Crippen LogP contribution >= 0.6 is 23.4 Å². The van der Waals surface area contributed by atoms with Crippen LogP contribution in [-0.2, 0) is 4.79 Å². The number of anilines is 1. The summed E-state index contributed by atoms with van der Waals surface area (Å²) in [5, 5.41) is 0.265. The van der Waals surface area contributed by atoms with Gasteiger partial charge in [-0.15, -0.1) is 0 Å². The standard InChI is InChI=1S/C22H16ClNO3S/c1-13-7-8-14(2)18(11-13)24-21(25)20(28-22(24)26)12-15-9-10-19(27-15)16-5-3-4-6-17(16)23/h3-12H,1-2H3/b20-12+. The number of carbonyl (C=O) groups is 2. The van der Waals surface area contributed by atoms with Gasteiger partial charge in [-0.2, -0.15) is 0 Å². The van der Waals surface area contributed by atoms with E-state index in [-0.39, 0.29) is 11.1 Å². The molecule has 1 aromatic heterocycles. The summed E-state index contributed by atoms with van der Waals surface area (Å²) in [6.45, 7) is 3.81. The van der Waals surface area contributed by atoms with Crippen molar-refractivity contribution in [2.24, 2.45) is 0 Å². The Hall–Kier alpha value is -2.76. The number of hydrogen-bond donors (Lipinski definition) is 0. The number of halogens is 1. The zero-order valence-corrected chi connectivity index (χ0v) is 16.8. The Morgan fingerprint density at radius 2 is 1.82 bits per heavy atom. The van der Waals surface area contributed by atoms with Crippen molar-refractivity contribution in [3.63, 3.8) is 0 Å². The summed E-state index contributed by atoms with van der Waals surface area (Å²) in [4.78, 5) is 26.9. The van der Waals surface area contributed by atoms with Crippen LogP contribution in [0, 0.1) is 13.8 Å². The van der Waals surface area contributed by atoms with Gasteiger partial charge in [-0.3, -0.25) is 9.59 Å². The highest BCUT2D eigenvalue weighted by Crippen LogP contribution is 2.38. The van der Waals surface area contributed by atoms with Gasteiger partial charge in [0, 0.05) is 11.6 Å². The third kappa shape index (κ3) is 3.39. The highest BCUT2D eigenvalue weighted by atomic mass is 35.5. The van der Waals surface area contributed by atoms with E-state index in [1.54, 1.807) is 24.3 Å². The van der Waals surface area contributed by atoms with E-state index in [0.29, 0.717) is 27.1 Å². The molecule has 6 heteroatoms. The Bertz CT molecular complexity index is 1130. The van der Waals surface area contributed by atoms with Gasteiger partial charge < -0.3 is 4.42 Å². The minimum atomic E-state index is -0.348. The molecule has 0 radical (unpaired) electrons. The average molecular weight is 410 g/mol. The number of nitrogens with zero attached hydrogens (tertiary/aromatic N) is 1. The SMILES string of the molecule is Cc1ccc(C)c(N2C(=O)S/C(=C/c3ccc(-c4ccccc4Cl)o3)C2=O)c1. The van der Waals surface area contributed by atoms with E-state index < -0.39 is 0 Å². The fourth-order valence-electron chi connectivity index (χ4n) is 3.00. The van der Waals surface area contributed by atoms with Crippen molar-refractivity contribution in [3.8, 4) is 11.3 Å². The minimum Gasteiger partial charge on any atom is -0.457 e. The number of imide groups is 1. The molecule has 0 unspecified atom stereocenters. The molecule has 1 fully saturated rings. The number of amides is 2. The lowest BCUT2D eigenvalue weighted by molar-refractivity contribution is -0.113. The molecule has 140 valence electrons. The number of carbonyl (C=O) groups excluding carboxylic acids is 2. The van der Waals surface area contributed by atoms with Crippen LogP contribution in [0.2, 0.25) is 5.02 Å². The van der Waals surface area contributed by atoms with Gasteiger partial charge in [0.25, 0.3) is 11.1 Å². The second kappa shape index (κ2) is 7.34. The summed E-state index contributed by atoms with van der Waals surface area (Å²) < 4.78 is 5.82. The molecule has 0 spiro atoms. The Morgan fingerprint density at radius 3 is 2.61 bits per heavy atom. The summed E-state index contributed by atoms with van der Waals surface area (Å²) in [5.41, 5.74) is 3.24. The first-order chi connectivity index (χ1) is 13.4. The number of thioether (sulfide) groups is 1. The fourth-order valence-corrected chi connectivity index (χ4v) is 4.04. The molecule has 2 amide bonds. The molecule has 0 N–H and O–H groups in total. The lowest BCUT2D eigenvalue weighted by Gasteiger charge is -2.15. The zero-order valence-electron chi connectivity index (χ0n) is 15.2. The molecule has 28 heavy (non-hydrogen) atoms. The quantitative estimate of drug-likeness (QED) is 0.466. The molecular formula is C22H16ClNO3S. The molecule has 1 saturated heterocycles. The number of benzene rings is 2. The van der Waals surface area contributed by atoms with E-state index in [2.05, 4.69) is 0 Å². The van der Waals surface area contributed by atoms with E-state index in [9.17, 15) is 9.59 Å². The second-order valence-electron chi connectivity index (χ2n) is 6.49. The maximum Gasteiger partial charge on any atom is 0.298 e. The Kier molecular flexibility index (Phi) is 4.87. The molecule has 4 rings (SSSR count). The van der Waals surface area contributed by atoms with Crippen LogP contribution in [0.5, 0.6) is 0 Å². The molecule has 0 atom stereocenters. The van der Waals surface area contributed by atoms with Gasteiger partial charge in [0.05, 0.1) is 15.6 Å². The van der Waals surface area contributed by atoms with Gasteiger partial charge in [0.1, 0.15) is 11.5 Å². The number of hydrogen-bond acceptors (Lipinski definition) is 4. The predicted molar refractivity (Wildman–Crippen MR) is 114 cm³/mol. The van der Waals surface area contributed by atoms with Gasteiger partial charge >= 0.3 is 0 Å². The summed E-state index contributed by atoms with van der Waals surface area (Å²) in [5.74, 6) is 0.742. The van der Waals surface area contributed by atoms with Gasteiger partial charge in [-0.1, -0.05) is 35.9 Å². The monoisotopic (exact) mass is 409 g/mol. The highest BCUT2D eigenvalue weighted by Gasteiger charge is 2.37. The van der Waals surface area contributed by atoms with Crippen LogP contribution in [-0.4, -0.2) is 11.1 Å². The number of furan rings is 1. The van der Waals surface area contributed by atoms with Gasteiger partial charge in [0.2, 0.25) is 0 Å². The van der Waals surface area contributed by atoms with E-state index >= 15 is 0 Å². The third-order valence-corrected chi connectivity index (χ3v) is 5.64. The molecular weight excluding hydrogens is 394 g/mol. The maximum atomic E-state index is 12.9. The summed E-state index contributed by atoms with van der Waals surface area (Å²) in [7, 11) is 0. The van der Waals surface area contributed by atoms with Gasteiger partial charge in [-0.25, -0.2) is 4.90 Å². The van der Waals surface area contributed by atoms with Crippen LogP contribution in [0.1, 0.15) is 16.9 Å². The fraction of sp³-hybridized carbons (Fsp3) is 0.0909. The van der Waals surface area contributed by atoms with Crippen molar-refractivity contribution in [1.82, 2.24) is 0 Å². The van der Waals surface area contributed by atoms with Crippen LogP contribution in [0.3, 0.4) is 0 Å². The summed E-state index contributed by atoms with van der Waals surface area (Å²) in [6.07, 6.45) is 1.59. The Balaban J connectivity index is 1.65. The Morgan fingerprint density at radius 1 is 1.04 bits per heavy atom. The molecule has 2 aromatic carbocycles. The highest BCUT2D eigenvalue weighted by molar-refractivity contribution is 8.19. The van der Waals surface area contributed by atoms with Gasteiger partial charge in [-0.05, 0) is 67.1 Å². The lowest BCUT2D eigenvalue weighted by atomic mass is 10.1. The van der Waals surface area contributed by atoms with E-state index in [0.717, 1.165) is 28.5 Å². The van der Waals surface area contributed by atoms with Crippen LogP contribution < -0.4 is 4.90 Å². The molecule has 2 heterocycles. The molecule has 0 bridgehead atoms. The summed E-state index contributed by atoms with van der Waals surface area (Å²) in [6, 6.07) is 16.6. The van der Waals surface area contributed by atoms with Crippen LogP contribution in [0.4, 0.5) is 10.5 Å². The molecule has 3 aromatic rings. The van der Waals surface area contributed by atoms with Crippen molar-refractivity contribution in [2.75, 3.05) is 4.90 Å². The van der Waals surface area contributed by atoms with Crippen LogP contribution in [0.15, 0.2) is 63.9 Å². The van der Waals surface area contributed by atoms with E-state index in [1.807, 2.05) is 50.2 Å². The molecule has 4 nitrogen and oxygen atoms in total. The molecule has 1 aliphatic rings. The van der Waals surface area contributed by atoms with E-state index in [4.69, 9.17) is 16.0 Å². The topological polar surface area (TPSA) is 50.5 Å². The first-order valence-electron chi connectivity index (χ1n) is 8.64. The maximum absolute atomic E-state index is 12.9. The van der Waals surface area contributed by atoms with E-state index in [1.165, 1.54) is 4.90 Å². The predicted octanol–water partition coefficient (Wildman–Crippen LogP) is 6.46. The van der Waals surface area contributed by atoms with Crippen molar-refractivity contribution in [2.45, 2.75) is 13.8 Å². The zero-order chi connectivity index (χ0) is 19.8. The van der Waals surface area contributed by atoms with Gasteiger partial charge in [0.15, 0.2) is 0 Å². The summed E-state index contributed by atoms with van der Waals surface area (Å²) >= 11 is 7.12. The minimum absolute atomic E-state index is 0.317. The largest absolute Gasteiger partial charge is 0.457 e. The van der Waals surface area contributed by atoms with Crippen molar-refractivity contribution in [3.05, 3.63) is 81.4 Å². The second-order valence-corrected chi connectivity index (χ2v) is 7.89. The number of aryl methyl sites for hydroxylation is 2. The third-order valence-electron chi connectivity index (χ3n) is 4.44. The van der Waals surface area contributed by atoms with Crippen molar-refractivity contribution in [1.29, 1.82) is 0 Å². The lowest BCUT2D eigenvalue weighted by Crippen LogP contribution is -2.28. The smallest absolute Gasteiger partial charge is 0.298 e. The van der Waals surface area contributed by atoms with Crippen molar-refractivity contribution >= 4 is 46.3 Å². The average Bonchev–Trinajstić information content (AvgIpc) is 3.23. The Labute approximate surface area is 171 Å². The molecule has 1 aliphatic heterocycles. The number of rotatable bonds is 3. The molecule has 0 saturated carbocycles. The molecule has 0 aliphatic carbocycles. The van der Waals surface area contributed by atoms with Crippen LogP contribution in [0.25, 0.3) is 17.4 Å².